The van der Waals surface area contributed by atoms with Crippen molar-refractivity contribution in [2.75, 3.05) is 17.7 Å². The number of carbonyl (C=O) groups excluding carboxylic acids is 3. The molecule has 0 unspecified atom stereocenters. The third kappa shape index (κ3) is 5.85. The number of rotatable bonds is 6. The van der Waals surface area contributed by atoms with Crippen molar-refractivity contribution in [3.63, 3.8) is 0 Å². The van der Waals surface area contributed by atoms with Gasteiger partial charge in [0.05, 0.1) is 0 Å². The first-order valence-electron chi connectivity index (χ1n) is 8.66. The van der Waals surface area contributed by atoms with Gasteiger partial charge in [-0.3, -0.25) is 9.59 Å². The maximum Gasteiger partial charge on any atom is 0.319 e. The molecule has 0 aromatic heterocycles. The van der Waals surface area contributed by atoms with Gasteiger partial charge in [0.2, 0.25) is 5.91 Å². The van der Waals surface area contributed by atoms with Gasteiger partial charge in [-0.1, -0.05) is 32.0 Å². The standard InChI is InChI=1S/C20H24N4O3/c1-13(2)17(24-20(27)23-15-7-5-4-6-8-15)19(26)22-16-11-9-14(10-12-16)18(25)21-3/h4-13,17H,1-3H3,(H,21,25)(H,22,26)(H2,23,24,27)/t17-/m1/s1. The number of urea groups is 1. The van der Waals surface area contributed by atoms with Gasteiger partial charge in [0, 0.05) is 24.0 Å². The van der Waals surface area contributed by atoms with Crippen molar-refractivity contribution >= 4 is 29.2 Å². The van der Waals surface area contributed by atoms with E-state index in [2.05, 4.69) is 21.3 Å². The maximum absolute atomic E-state index is 12.6. The summed E-state index contributed by atoms with van der Waals surface area (Å²) in [6, 6.07) is 14.3. The number of hydrogen-bond donors (Lipinski definition) is 4. The van der Waals surface area contributed by atoms with Crippen molar-refractivity contribution in [3.8, 4) is 0 Å². The van der Waals surface area contributed by atoms with Gasteiger partial charge in [-0.2, -0.15) is 0 Å². The van der Waals surface area contributed by atoms with Gasteiger partial charge in [-0.15, -0.1) is 0 Å². The molecule has 27 heavy (non-hydrogen) atoms. The van der Waals surface area contributed by atoms with Crippen LogP contribution in [-0.2, 0) is 4.79 Å². The summed E-state index contributed by atoms with van der Waals surface area (Å²) in [5.41, 5.74) is 1.68. The molecular formula is C20H24N4O3. The van der Waals surface area contributed by atoms with Gasteiger partial charge in [-0.05, 0) is 42.3 Å². The minimum absolute atomic E-state index is 0.114. The minimum Gasteiger partial charge on any atom is -0.355 e. The predicted molar refractivity (Wildman–Crippen MR) is 106 cm³/mol. The summed E-state index contributed by atoms with van der Waals surface area (Å²) in [5.74, 6) is -0.648. The predicted octanol–water partition coefficient (Wildman–Crippen LogP) is 2.83. The Balaban J connectivity index is 1.99. The summed E-state index contributed by atoms with van der Waals surface area (Å²) < 4.78 is 0. The zero-order valence-corrected chi connectivity index (χ0v) is 15.6. The van der Waals surface area contributed by atoms with Crippen molar-refractivity contribution in [2.45, 2.75) is 19.9 Å². The second kappa shape index (κ2) is 9.38. The molecule has 0 bridgehead atoms. The van der Waals surface area contributed by atoms with E-state index in [1.54, 1.807) is 43.4 Å². The van der Waals surface area contributed by atoms with E-state index < -0.39 is 12.1 Å². The van der Waals surface area contributed by atoms with Crippen molar-refractivity contribution in [2.24, 2.45) is 5.92 Å². The molecule has 4 amide bonds. The molecule has 2 aromatic rings. The molecular weight excluding hydrogens is 344 g/mol. The molecule has 7 nitrogen and oxygen atoms in total. The number of nitrogens with one attached hydrogen (secondary N) is 4. The lowest BCUT2D eigenvalue weighted by atomic mass is 10.0. The molecule has 4 N–H and O–H groups in total. The molecule has 0 spiro atoms. The SMILES string of the molecule is CNC(=O)c1ccc(NC(=O)[C@H](NC(=O)Nc2ccccc2)C(C)C)cc1. The lowest BCUT2D eigenvalue weighted by Gasteiger charge is -2.22. The molecule has 0 aliphatic heterocycles. The van der Waals surface area contributed by atoms with Crippen molar-refractivity contribution in [1.82, 2.24) is 10.6 Å². The zero-order chi connectivity index (χ0) is 19.8. The molecule has 0 heterocycles. The quantitative estimate of drug-likeness (QED) is 0.631. The van der Waals surface area contributed by atoms with Gasteiger partial charge >= 0.3 is 6.03 Å². The summed E-state index contributed by atoms with van der Waals surface area (Å²) in [5, 5.41) is 10.7. The molecule has 0 aliphatic rings. The minimum atomic E-state index is -0.715. The Morgan fingerprint density at radius 2 is 1.41 bits per heavy atom. The summed E-state index contributed by atoms with van der Waals surface area (Å²) in [4.78, 5) is 36.3. The molecule has 2 rings (SSSR count). The average Bonchev–Trinajstić information content (AvgIpc) is 2.66. The van der Waals surface area contributed by atoms with Crippen LogP contribution in [0.5, 0.6) is 0 Å². The van der Waals surface area contributed by atoms with Gasteiger partial charge < -0.3 is 21.3 Å². The normalized spacial score (nSPS) is 11.4. The Hall–Kier alpha value is -3.35. The fraction of sp³-hybridized carbons (Fsp3) is 0.250. The molecule has 0 radical (unpaired) electrons. The highest BCUT2D eigenvalue weighted by Gasteiger charge is 2.24. The van der Waals surface area contributed by atoms with Gasteiger partial charge in [0.25, 0.3) is 5.91 Å². The molecule has 0 saturated carbocycles. The van der Waals surface area contributed by atoms with E-state index in [4.69, 9.17) is 0 Å². The highest BCUT2D eigenvalue weighted by atomic mass is 16.2. The Morgan fingerprint density at radius 3 is 1.96 bits per heavy atom. The average molecular weight is 368 g/mol. The number of carbonyl (C=O) groups is 3. The summed E-state index contributed by atoms with van der Waals surface area (Å²) in [6.45, 7) is 3.70. The first-order chi connectivity index (χ1) is 12.9. The third-order valence-electron chi connectivity index (χ3n) is 3.91. The molecule has 7 heteroatoms. The van der Waals surface area contributed by atoms with Crippen molar-refractivity contribution in [1.29, 1.82) is 0 Å². The molecule has 0 aliphatic carbocycles. The van der Waals surface area contributed by atoms with E-state index in [1.165, 1.54) is 0 Å². The van der Waals surface area contributed by atoms with Crippen LogP contribution in [0.4, 0.5) is 16.2 Å². The van der Waals surface area contributed by atoms with Crippen LogP contribution in [-0.4, -0.2) is 30.9 Å². The van der Waals surface area contributed by atoms with Crippen molar-refractivity contribution in [3.05, 3.63) is 60.2 Å². The number of amides is 4. The number of para-hydroxylation sites is 1. The maximum atomic E-state index is 12.6. The van der Waals surface area contributed by atoms with Gasteiger partial charge in [-0.25, -0.2) is 4.79 Å². The topological polar surface area (TPSA) is 99.3 Å². The Labute approximate surface area is 158 Å². The second-order valence-corrected chi connectivity index (χ2v) is 6.33. The van der Waals surface area contributed by atoms with Gasteiger partial charge in [0.15, 0.2) is 0 Å². The van der Waals surface area contributed by atoms with Crippen LogP contribution in [0.15, 0.2) is 54.6 Å². The van der Waals surface area contributed by atoms with Crippen molar-refractivity contribution < 1.29 is 14.4 Å². The van der Waals surface area contributed by atoms with Crippen LogP contribution in [0.3, 0.4) is 0 Å². The lowest BCUT2D eigenvalue weighted by molar-refractivity contribution is -0.118. The Kier molecular flexibility index (Phi) is 6.93. The van der Waals surface area contributed by atoms with Crippen LogP contribution >= 0.6 is 0 Å². The van der Waals surface area contributed by atoms with E-state index in [0.29, 0.717) is 16.9 Å². The first-order valence-corrected chi connectivity index (χ1v) is 8.66. The zero-order valence-electron chi connectivity index (χ0n) is 15.6. The van der Waals surface area contributed by atoms with Crippen LogP contribution in [0.1, 0.15) is 24.2 Å². The van der Waals surface area contributed by atoms with E-state index >= 15 is 0 Å². The first kappa shape index (κ1) is 20.0. The lowest BCUT2D eigenvalue weighted by Crippen LogP contribution is -2.48. The molecule has 0 fully saturated rings. The highest BCUT2D eigenvalue weighted by molar-refractivity contribution is 6.00. The Morgan fingerprint density at radius 1 is 0.815 bits per heavy atom. The van der Waals surface area contributed by atoms with E-state index in [1.807, 2.05) is 32.0 Å². The summed E-state index contributed by atoms with van der Waals surface area (Å²) >= 11 is 0. The fourth-order valence-electron chi connectivity index (χ4n) is 2.43. The fourth-order valence-corrected chi connectivity index (χ4v) is 2.43. The third-order valence-corrected chi connectivity index (χ3v) is 3.91. The van der Waals surface area contributed by atoms with E-state index in [0.717, 1.165) is 0 Å². The summed E-state index contributed by atoms with van der Waals surface area (Å²) in [7, 11) is 1.55. The van der Waals surface area contributed by atoms with Crippen LogP contribution in [0, 0.1) is 5.92 Å². The summed E-state index contributed by atoms with van der Waals surface area (Å²) in [6.07, 6.45) is 0. The van der Waals surface area contributed by atoms with E-state index in [-0.39, 0.29) is 17.7 Å². The van der Waals surface area contributed by atoms with Gasteiger partial charge in [0.1, 0.15) is 6.04 Å². The number of anilines is 2. The number of hydrogen-bond acceptors (Lipinski definition) is 3. The van der Waals surface area contributed by atoms with Crippen LogP contribution in [0.25, 0.3) is 0 Å². The number of benzene rings is 2. The Bertz CT molecular complexity index is 789. The molecule has 142 valence electrons. The monoisotopic (exact) mass is 368 g/mol. The molecule has 2 aromatic carbocycles. The van der Waals surface area contributed by atoms with Crippen LogP contribution < -0.4 is 21.3 Å². The molecule has 1 atom stereocenters. The largest absolute Gasteiger partial charge is 0.355 e. The second-order valence-electron chi connectivity index (χ2n) is 6.33. The smallest absolute Gasteiger partial charge is 0.319 e. The highest BCUT2D eigenvalue weighted by Crippen LogP contribution is 2.12. The molecule has 0 saturated heterocycles. The van der Waals surface area contributed by atoms with Crippen LogP contribution in [0.2, 0.25) is 0 Å². The van der Waals surface area contributed by atoms with E-state index in [9.17, 15) is 14.4 Å².